The van der Waals surface area contributed by atoms with Gasteiger partial charge in [-0.2, -0.15) is 5.01 Å². The Kier molecular flexibility index (Phi) is 4.00. The molecule has 0 N–H and O–H groups in total. The van der Waals surface area contributed by atoms with Gasteiger partial charge >= 0.3 is 0 Å². The van der Waals surface area contributed by atoms with Crippen molar-refractivity contribution in [1.29, 1.82) is 0 Å². The van der Waals surface area contributed by atoms with E-state index in [1.54, 1.807) is 24.3 Å². The van der Waals surface area contributed by atoms with E-state index in [-0.39, 0.29) is 6.54 Å². The third-order valence-electron chi connectivity index (χ3n) is 3.90. The van der Waals surface area contributed by atoms with E-state index in [4.69, 9.17) is 0 Å². The lowest BCUT2D eigenvalue weighted by molar-refractivity contribution is -0.137. The lowest BCUT2D eigenvalue weighted by Crippen LogP contribution is -2.49. The fourth-order valence-electron chi connectivity index (χ4n) is 2.66. The molecule has 0 unspecified atom stereocenters. The molecule has 0 saturated carbocycles. The van der Waals surface area contributed by atoms with Crippen molar-refractivity contribution in [1.82, 2.24) is 10.0 Å². The van der Waals surface area contributed by atoms with Crippen LogP contribution < -0.4 is 0 Å². The number of rotatable bonds is 4. The smallest absolute Gasteiger partial charge is 0.273 e. The lowest BCUT2D eigenvalue weighted by atomic mass is 10.1. The fraction of sp³-hybridized carbons (Fsp3) is 0.105. The Labute approximate surface area is 139 Å². The second kappa shape index (κ2) is 6.12. The molecule has 120 valence electrons. The SMILES string of the molecule is C=C(CN(C(C)=O)N1C(=O)c2ccccc2C1=O)c1ccccc1. The van der Waals surface area contributed by atoms with E-state index in [2.05, 4.69) is 6.58 Å². The van der Waals surface area contributed by atoms with Crippen molar-refractivity contribution in [2.45, 2.75) is 6.92 Å². The molecule has 24 heavy (non-hydrogen) atoms. The highest BCUT2D eigenvalue weighted by Crippen LogP contribution is 2.25. The highest BCUT2D eigenvalue weighted by molar-refractivity contribution is 6.21. The number of carbonyl (C=O) groups excluding carboxylic acids is 3. The molecule has 0 radical (unpaired) electrons. The third-order valence-corrected chi connectivity index (χ3v) is 3.90. The molecule has 3 rings (SSSR count). The second-order valence-corrected chi connectivity index (χ2v) is 5.51. The van der Waals surface area contributed by atoms with Crippen molar-refractivity contribution in [3.05, 3.63) is 77.9 Å². The van der Waals surface area contributed by atoms with Gasteiger partial charge in [0.05, 0.1) is 17.7 Å². The normalized spacial score (nSPS) is 13.0. The molecule has 0 atom stereocenters. The van der Waals surface area contributed by atoms with Crippen molar-refractivity contribution in [2.24, 2.45) is 0 Å². The molecular formula is C19H16N2O3. The quantitative estimate of drug-likeness (QED) is 0.814. The van der Waals surface area contributed by atoms with Crippen molar-refractivity contribution < 1.29 is 14.4 Å². The number of hydrogen-bond donors (Lipinski definition) is 0. The van der Waals surface area contributed by atoms with E-state index < -0.39 is 17.7 Å². The monoisotopic (exact) mass is 320 g/mol. The standard InChI is InChI=1S/C19H16N2O3/c1-13(15-8-4-3-5-9-15)12-20(14(2)22)21-18(23)16-10-6-7-11-17(16)19(21)24/h3-11H,1,12H2,2H3. The summed E-state index contributed by atoms with van der Waals surface area (Å²) in [6.45, 7) is 5.36. The van der Waals surface area contributed by atoms with Gasteiger partial charge in [0.15, 0.2) is 0 Å². The van der Waals surface area contributed by atoms with E-state index >= 15 is 0 Å². The molecule has 0 aromatic heterocycles. The zero-order valence-corrected chi connectivity index (χ0v) is 13.2. The average molecular weight is 320 g/mol. The molecule has 0 fully saturated rings. The Bertz CT molecular complexity index is 808. The zero-order valence-electron chi connectivity index (χ0n) is 13.2. The highest BCUT2D eigenvalue weighted by atomic mass is 16.2. The summed E-state index contributed by atoms with van der Waals surface area (Å²) in [4.78, 5) is 37.2. The summed E-state index contributed by atoms with van der Waals surface area (Å²) in [7, 11) is 0. The van der Waals surface area contributed by atoms with E-state index in [1.165, 1.54) is 6.92 Å². The van der Waals surface area contributed by atoms with Crippen LogP contribution in [0, 0.1) is 0 Å². The van der Waals surface area contributed by atoms with Gasteiger partial charge in [0, 0.05) is 6.92 Å². The van der Waals surface area contributed by atoms with Crippen LogP contribution >= 0.6 is 0 Å². The third kappa shape index (κ3) is 2.60. The fourth-order valence-corrected chi connectivity index (χ4v) is 2.66. The Hall–Kier alpha value is -3.21. The maximum Gasteiger partial charge on any atom is 0.280 e. The second-order valence-electron chi connectivity index (χ2n) is 5.51. The summed E-state index contributed by atoms with van der Waals surface area (Å²) in [5.41, 5.74) is 2.10. The Morgan fingerprint density at radius 2 is 1.46 bits per heavy atom. The molecule has 0 saturated heterocycles. The molecule has 0 bridgehead atoms. The van der Waals surface area contributed by atoms with E-state index in [1.807, 2.05) is 30.3 Å². The largest absolute Gasteiger partial charge is 0.280 e. The molecule has 2 aromatic rings. The van der Waals surface area contributed by atoms with Crippen molar-refractivity contribution in [3.63, 3.8) is 0 Å². The van der Waals surface area contributed by atoms with Crippen molar-refractivity contribution >= 4 is 23.3 Å². The number of hydrazine groups is 1. The van der Waals surface area contributed by atoms with Gasteiger partial charge in [-0.1, -0.05) is 49.0 Å². The van der Waals surface area contributed by atoms with Gasteiger partial charge < -0.3 is 0 Å². The first-order chi connectivity index (χ1) is 11.5. The zero-order chi connectivity index (χ0) is 17.3. The molecule has 3 amide bonds. The Balaban J connectivity index is 1.90. The summed E-state index contributed by atoms with van der Waals surface area (Å²) < 4.78 is 0. The number of imide groups is 1. The van der Waals surface area contributed by atoms with Gasteiger partial charge in [0.2, 0.25) is 5.91 Å². The van der Waals surface area contributed by atoms with Crippen molar-refractivity contribution in [2.75, 3.05) is 6.54 Å². The molecular weight excluding hydrogens is 304 g/mol. The summed E-state index contributed by atoms with van der Waals surface area (Å²) in [6.07, 6.45) is 0. The molecule has 1 aliphatic heterocycles. The van der Waals surface area contributed by atoms with Crippen LogP contribution in [0.5, 0.6) is 0 Å². The lowest BCUT2D eigenvalue weighted by Gasteiger charge is -2.29. The molecule has 0 spiro atoms. The summed E-state index contributed by atoms with van der Waals surface area (Å²) in [5.74, 6) is -1.39. The van der Waals surface area contributed by atoms with Crippen LogP contribution in [-0.2, 0) is 4.79 Å². The minimum atomic E-state index is -0.494. The molecule has 5 nitrogen and oxygen atoms in total. The van der Waals surface area contributed by atoms with Gasteiger partial charge in [0.1, 0.15) is 0 Å². The number of benzene rings is 2. The first-order valence-electron chi connectivity index (χ1n) is 7.49. The van der Waals surface area contributed by atoms with Crippen molar-refractivity contribution in [3.8, 4) is 0 Å². The average Bonchev–Trinajstić information content (AvgIpc) is 2.85. The van der Waals surface area contributed by atoms with Gasteiger partial charge in [-0.25, -0.2) is 5.01 Å². The summed E-state index contributed by atoms with van der Waals surface area (Å²) in [5, 5.41) is 2.04. The molecule has 0 aliphatic carbocycles. The Morgan fingerprint density at radius 3 is 1.96 bits per heavy atom. The van der Waals surface area contributed by atoms with Gasteiger partial charge in [-0.05, 0) is 23.3 Å². The van der Waals surface area contributed by atoms with E-state index in [0.717, 1.165) is 15.6 Å². The number of carbonyl (C=O) groups is 3. The maximum absolute atomic E-state index is 12.6. The van der Waals surface area contributed by atoms with Gasteiger partial charge in [-0.15, -0.1) is 0 Å². The van der Waals surface area contributed by atoms with Crippen LogP contribution in [0.2, 0.25) is 0 Å². The molecule has 1 aliphatic rings. The van der Waals surface area contributed by atoms with Gasteiger partial charge in [0.25, 0.3) is 11.8 Å². The van der Waals surface area contributed by atoms with Gasteiger partial charge in [-0.3, -0.25) is 14.4 Å². The number of nitrogens with zero attached hydrogens (tertiary/aromatic N) is 2. The topological polar surface area (TPSA) is 57.7 Å². The van der Waals surface area contributed by atoms with Crippen LogP contribution in [0.25, 0.3) is 5.57 Å². The summed E-state index contributed by atoms with van der Waals surface area (Å²) in [6, 6.07) is 15.9. The molecule has 5 heteroatoms. The van der Waals surface area contributed by atoms with Crippen LogP contribution in [0.1, 0.15) is 33.2 Å². The van der Waals surface area contributed by atoms with Crippen LogP contribution in [0.4, 0.5) is 0 Å². The minimum absolute atomic E-state index is 0.0603. The minimum Gasteiger partial charge on any atom is -0.273 e. The Morgan fingerprint density at radius 1 is 0.958 bits per heavy atom. The van der Waals surface area contributed by atoms with Crippen LogP contribution in [0.15, 0.2) is 61.2 Å². The summed E-state index contributed by atoms with van der Waals surface area (Å²) >= 11 is 0. The first kappa shape index (κ1) is 15.7. The maximum atomic E-state index is 12.6. The number of amides is 3. The highest BCUT2D eigenvalue weighted by Gasteiger charge is 2.40. The predicted octanol–water partition coefficient (Wildman–Crippen LogP) is 2.76. The van der Waals surface area contributed by atoms with E-state index in [9.17, 15) is 14.4 Å². The van der Waals surface area contributed by atoms with Crippen LogP contribution in [-0.4, -0.2) is 34.3 Å². The molecule has 1 heterocycles. The van der Waals surface area contributed by atoms with E-state index in [0.29, 0.717) is 16.7 Å². The number of hydrogen-bond acceptors (Lipinski definition) is 3. The predicted molar refractivity (Wildman–Crippen MR) is 89.8 cm³/mol. The number of fused-ring (bicyclic) bond motifs is 1. The first-order valence-corrected chi connectivity index (χ1v) is 7.49. The van der Waals surface area contributed by atoms with Crippen LogP contribution in [0.3, 0.4) is 0 Å². The molecule has 2 aromatic carbocycles.